The molecule has 1 N–H and O–H groups in total. The lowest BCUT2D eigenvalue weighted by atomic mass is 10.1. The smallest absolute Gasteiger partial charge is 0.228 e. The Bertz CT molecular complexity index is 913. The van der Waals surface area contributed by atoms with Gasteiger partial charge in [-0.25, -0.2) is 9.42 Å². The van der Waals surface area contributed by atoms with Crippen LogP contribution in [0.15, 0.2) is 36.4 Å². The second kappa shape index (κ2) is 7.59. The molecule has 3 aliphatic rings. The minimum atomic E-state index is 0.0562. The molecule has 7 heteroatoms. The minimum absolute atomic E-state index is 0.0562. The topological polar surface area (TPSA) is 38.8 Å². The minimum Gasteiger partial charge on any atom is -0.325 e. The molecular weight excluding hydrogens is 392 g/mol. The number of anilines is 2. The predicted octanol–water partition coefficient (Wildman–Crippen LogP) is 3.58. The van der Waals surface area contributed by atoms with E-state index in [2.05, 4.69) is 50.0 Å². The van der Waals surface area contributed by atoms with Gasteiger partial charge in [0.05, 0.1) is 12.1 Å². The molecule has 28 heavy (non-hydrogen) atoms. The molecule has 5 nitrogen and oxygen atoms in total. The summed E-state index contributed by atoms with van der Waals surface area (Å²) in [5, 5.41) is 6.08. The number of piperazine rings is 1. The lowest BCUT2D eigenvalue weighted by Gasteiger charge is -2.39. The average Bonchev–Trinajstić information content (AvgIpc) is 3.29. The molecule has 5 rings (SSSR count). The zero-order chi connectivity index (χ0) is 19.1. The molecule has 0 bridgehead atoms. The van der Waals surface area contributed by atoms with E-state index in [1.54, 1.807) is 0 Å². The summed E-state index contributed by atoms with van der Waals surface area (Å²) in [5.41, 5.74) is 5.85. The average molecular weight is 415 g/mol. The number of amides is 1. The molecule has 0 saturated carbocycles. The number of halogens is 1. The SMILES string of the molecule is O=C1Cc2cc(CCN3CCN(N4SCc5ccccc54)CC3)c(Cl)cc2N1. The van der Waals surface area contributed by atoms with Crippen molar-refractivity contribution in [2.24, 2.45) is 0 Å². The maximum atomic E-state index is 11.6. The van der Waals surface area contributed by atoms with Gasteiger partial charge in [0.1, 0.15) is 0 Å². The van der Waals surface area contributed by atoms with Crippen molar-refractivity contribution in [3.63, 3.8) is 0 Å². The quantitative estimate of drug-likeness (QED) is 0.774. The molecule has 0 aromatic heterocycles. The van der Waals surface area contributed by atoms with Crippen LogP contribution in [0.4, 0.5) is 11.4 Å². The molecule has 3 aliphatic heterocycles. The van der Waals surface area contributed by atoms with Crippen molar-refractivity contribution in [1.29, 1.82) is 0 Å². The van der Waals surface area contributed by atoms with Gasteiger partial charge in [-0.3, -0.25) is 4.79 Å². The van der Waals surface area contributed by atoms with Gasteiger partial charge in [-0.15, -0.1) is 0 Å². The van der Waals surface area contributed by atoms with E-state index >= 15 is 0 Å². The third kappa shape index (κ3) is 3.50. The van der Waals surface area contributed by atoms with E-state index in [1.807, 2.05) is 18.0 Å². The molecule has 0 atom stereocenters. The molecule has 0 radical (unpaired) electrons. The van der Waals surface area contributed by atoms with Gasteiger partial charge < -0.3 is 10.2 Å². The van der Waals surface area contributed by atoms with Crippen LogP contribution >= 0.6 is 23.5 Å². The number of hydrogen-bond donors (Lipinski definition) is 1. The fraction of sp³-hybridized carbons (Fsp3) is 0.381. The fourth-order valence-corrected chi connectivity index (χ4v) is 5.57. The van der Waals surface area contributed by atoms with Crippen LogP contribution in [0, 0.1) is 0 Å². The Morgan fingerprint density at radius 1 is 1.07 bits per heavy atom. The van der Waals surface area contributed by atoms with Gasteiger partial charge in [-0.05, 0) is 47.2 Å². The van der Waals surface area contributed by atoms with Crippen LogP contribution in [0.5, 0.6) is 0 Å². The fourth-order valence-electron chi connectivity index (χ4n) is 4.17. The number of hydrazine groups is 1. The van der Waals surface area contributed by atoms with Crippen LogP contribution in [0.2, 0.25) is 5.02 Å². The van der Waals surface area contributed by atoms with E-state index in [9.17, 15) is 4.79 Å². The maximum Gasteiger partial charge on any atom is 0.228 e. The first-order chi connectivity index (χ1) is 13.7. The Kier molecular flexibility index (Phi) is 4.97. The molecule has 3 heterocycles. The molecule has 1 saturated heterocycles. The first-order valence-corrected chi connectivity index (χ1v) is 11.1. The number of benzene rings is 2. The van der Waals surface area contributed by atoms with Gasteiger partial charge in [-0.2, -0.15) is 0 Å². The number of para-hydroxylation sites is 1. The first kappa shape index (κ1) is 18.3. The highest BCUT2D eigenvalue weighted by Gasteiger charge is 2.28. The van der Waals surface area contributed by atoms with Crippen LogP contribution in [-0.4, -0.2) is 48.5 Å². The van der Waals surface area contributed by atoms with Crippen molar-refractivity contribution in [2.45, 2.75) is 18.6 Å². The van der Waals surface area contributed by atoms with Crippen molar-refractivity contribution in [3.8, 4) is 0 Å². The highest BCUT2D eigenvalue weighted by atomic mass is 35.5. The molecule has 0 unspecified atom stereocenters. The summed E-state index contributed by atoms with van der Waals surface area (Å²) >= 11 is 8.34. The summed E-state index contributed by atoms with van der Waals surface area (Å²) in [6.07, 6.45) is 1.38. The number of carbonyl (C=O) groups is 1. The summed E-state index contributed by atoms with van der Waals surface area (Å²) in [5.74, 6) is 1.12. The monoisotopic (exact) mass is 414 g/mol. The van der Waals surface area contributed by atoms with Crippen LogP contribution in [-0.2, 0) is 23.4 Å². The van der Waals surface area contributed by atoms with Gasteiger partial charge in [0.25, 0.3) is 0 Å². The zero-order valence-corrected chi connectivity index (χ0v) is 17.2. The van der Waals surface area contributed by atoms with Crippen molar-refractivity contribution < 1.29 is 4.79 Å². The summed E-state index contributed by atoms with van der Waals surface area (Å²) in [6, 6.07) is 12.7. The summed E-state index contributed by atoms with van der Waals surface area (Å²) in [6.45, 7) is 5.19. The lowest BCUT2D eigenvalue weighted by molar-refractivity contribution is -0.115. The molecule has 1 amide bonds. The van der Waals surface area contributed by atoms with E-state index in [-0.39, 0.29) is 5.91 Å². The largest absolute Gasteiger partial charge is 0.325 e. The number of carbonyl (C=O) groups excluding carboxylic acids is 1. The standard InChI is InChI=1S/C21H23ClN4OS/c22-18-13-19-17(12-21(27)23-19)11-15(18)5-6-24-7-9-25(10-8-24)26-20-4-2-1-3-16(20)14-28-26/h1-4,11,13H,5-10,12,14H2,(H,23,27). The van der Waals surface area contributed by atoms with Crippen LogP contribution in [0.3, 0.4) is 0 Å². The molecule has 0 aliphatic carbocycles. The molecule has 1 fully saturated rings. The molecule has 2 aromatic rings. The Labute approximate surface area is 174 Å². The van der Waals surface area contributed by atoms with Crippen LogP contribution in [0.1, 0.15) is 16.7 Å². The van der Waals surface area contributed by atoms with Crippen LogP contribution in [0.25, 0.3) is 0 Å². The van der Waals surface area contributed by atoms with E-state index in [4.69, 9.17) is 11.6 Å². The number of fused-ring (bicyclic) bond motifs is 2. The van der Waals surface area contributed by atoms with Gasteiger partial charge >= 0.3 is 0 Å². The van der Waals surface area contributed by atoms with Gasteiger partial charge in [0.2, 0.25) is 5.91 Å². The Morgan fingerprint density at radius 2 is 1.89 bits per heavy atom. The highest BCUT2D eigenvalue weighted by molar-refractivity contribution is 8.00. The molecular formula is C21H23ClN4OS. The van der Waals surface area contributed by atoms with Gasteiger partial charge in [-0.1, -0.05) is 35.9 Å². The van der Waals surface area contributed by atoms with Crippen LogP contribution < -0.4 is 9.73 Å². The number of rotatable bonds is 4. The van der Waals surface area contributed by atoms with Gasteiger partial charge in [0.15, 0.2) is 0 Å². The van der Waals surface area contributed by atoms with Crippen molar-refractivity contribution in [1.82, 2.24) is 9.91 Å². The predicted molar refractivity (Wildman–Crippen MR) is 116 cm³/mol. The van der Waals surface area contributed by atoms with E-state index in [0.717, 1.165) is 66.7 Å². The summed E-state index contributed by atoms with van der Waals surface area (Å²) in [4.78, 5) is 14.1. The maximum absolute atomic E-state index is 11.6. The lowest BCUT2D eigenvalue weighted by Crippen LogP contribution is -2.51. The Morgan fingerprint density at radius 3 is 2.75 bits per heavy atom. The first-order valence-electron chi connectivity index (χ1n) is 9.77. The van der Waals surface area contributed by atoms with Gasteiger partial charge in [0, 0.05) is 49.2 Å². The normalized spacial score (nSPS) is 19.6. The Hall–Kier alpha value is -1.73. The van der Waals surface area contributed by atoms with Crippen molar-refractivity contribution in [3.05, 3.63) is 58.1 Å². The number of hydrogen-bond acceptors (Lipinski definition) is 5. The Balaban J connectivity index is 1.17. The van der Waals surface area contributed by atoms with E-state index in [1.165, 1.54) is 11.3 Å². The molecule has 146 valence electrons. The number of nitrogens with one attached hydrogen (secondary N) is 1. The van der Waals surface area contributed by atoms with Crippen molar-refractivity contribution >= 4 is 40.8 Å². The van der Waals surface area contributed by atoms with Crippen molar-refractivity contribution in [2.75, 3.05) is 42.5 Å². The third-order valence-corrected chi connectivity index (χ3v) is 7.20. The second-order valence-electron chi connectivity index (χ2n) is 7.55. The molecule has 2 aromatic carbocycles. The zero-order valence-electron chi connectivity index (χ0n) is 15.7. The molecule has 0 spiro atoms. The second-order valence-corrected chi connectivity index (χ2v) is 8.85. The summed E-state index contributed by atoms with van der Waals surface area (Å²) < 4.78 is 2.38. The highest BCUT2D eigenvalue weighted by Crippen LogP contribution is 2.39. The van der Waals surface area contributed by atoms with E-state index in [0.29, 0.717) is 6.42 Å². The number of nitrogens with zero attached hydrogens (tertiary/aromatic N) is 3. The summed E-state index contributed by atoms with van der Waals surface area (Å²) in [7, 11) is 0. The van der Waals surface area contributed by atoms with E-state index < -0.39 is 0 Å². The third-order valence-electron chi connectivity index (χ3n) is 5.74.